The van der Waals surface area contributed by atoms with Crippen molar-refractivity contribution in [2.45, 2.75) is 50.9 Å². The maximum absolute atomic E-state index is 6.19. The molecule has 3 heterocycles. The Morgan fingerprint density at radius 1 is 1.26 bits per heavy atom. The van der Waals surface area contributed by atoms with Crippen LogP contribution in [-0.4, -0.2) is 43.9 Å². The molecule has 0 N–H and O–H groups in total. The van der Waals surface area contributed by atoms with Gasteiger partial charge < -0.3 is 14.2 Å². The van der Waals surface area contributed by atoms with Crippen molar-refractivity contribution >= 4 is 0 Å². The fraction of sp³-hybridized carbons (Fsp3) is 0.684. The van der Waals surface area contributed by atoms with Crippen LogP contribution in [0.1, 0.15) is 43.9 Å². The van der Waals surface area contributed by atoms with Gasteiger partial charge in [0.25, 0.3) is 0 Å². The molecular formula is C19H27NO3. The third kappa shape index (κ3) is 2.43. The van der Waals surface area contributed by atoms with E-state index in [0.29, 0.717) is 18.1 Å². The number of hydrogen-bond acceptors (Lipinski definition) is 4. The van der Waals surface area contributed by atoms with Gasteiger partial charge in [-0.25, -0.2) is 0 Å². The normalized spacial score (nSPS) is 32.0. The van der Waals surface area contributed by atoms with E-state index in [1.165, 1.54) is 17.5 Å². The molecule has 3 unspecified atom stereocenters. The number of hydrogen-bond donors (Lipinski definition) is 0. The molecule has 4 rings (SSSR count). The first-order chi connectivity index (χ1) is 11.1. The maximum Gasteiger partial charge on any atom is 0.161 e. The van der Waals surface area contributed by atoms with Crippen LogP contribution in [-0.2, 0) is 11.2 Å². The van der Waals surface area contributed by atoms with Crippen LogP contribution < -0.4 is 9.47 Å². The van der Waals surface area contributed by atoms with E-state index in [4.69, 9.17) is 14.2 Å². The van der Waals surface area contributed by atoms with E-state index >= 15 is 0 Å². The number of fused-ring (bicyclic) bond motifs is 4. The van der Waals surface area contributed by atoms with Gasteiger partial charge in [-0.3, -0.25) is 4.90 Å². The highest BCUT2D eigenvalue weighted by molar-refractivity contribution is 5.50. The zero-order valence-electron chi connectivity index (χ0n) is 14.6. The number of nitrogens with zero attached hydrogens (tertiary/aromatic N) is 1. The number of ether oxygens (including phenoxy) is 3. The average molecular weight is 317 g/mol. The molecule has 1 aromatic rings. The second-order valence-corrected chi connectivity index (χ2v) is 7.65. The molecule has 0 bridgehead atoms. The van der Waals surface area contributed by atoms with Gasteiger partial charge >= 0.3 is 0 Å². The Bertz CT molecular complexity index is 615. The number of methoxy groups -OCH3 is 2. The van der Waals surface area contributed by atoms with Gasteiger partial charge in [-0.05, 0) is 48.4 Å². The monoisotopic (exact) mass is 317 g/mol. The van der Waals surface area contributed by atoms with Crippen LogP contribution in [0, 0.1) is 5.92 Å². The zero-order valence-corrected chi connectivity index (χ0v) is 14.6. The van der Waals surface area contributed by atoms with Crippen molar-refractivity contribution in [3.8, 4) is 11.5 Å². The van der Waals surface area contributed by atoms with Gasteiger partial charge in [-0.2, -0.15) is 0 Å². The minimum absolute atomic E-state index is 0.138. The summed E-state index contributed by atoms with van der Waals surface area (Å²) >= 11 is 0. The summed E-state index contributed by atoms with van der Waals surface area (Å²) in [6.07, 6.45) is 3.80. The van der Waals surface area contributed by atoms with Crippen LogP contribution >= 0.6 is 0 Å². The van der Waals surface area contributed by atoms with E-state index in [2.05, 4.69) is 30.9 Å². The molecule has 2 saturated heterocycles. The van der Waals surface area contributed by atoms with Gasteiger partial charge in [-0.1, -0.05) is 13.8 Å². The van der Waals surface area contributed by atoms with E-state index in [1.54, 1.807) is 14.2 Å². The molecule has 0 amide bonds. The summed E-state index contributed by atoms with van der Waals surface area (Å²) in [5.41, 5.74) is 2.95. The maximum atomic E-state index is 6.19. The molecule has 1 aromatic carbocycles. The van der Waals surface area contributed by atoms with Crippen molar-refractivity contribution in [3.05, 3.63) is 23.3 Å². The summed E-state index contributed by atoms with van der Waals surface area (Å²) in [5, 5.41) is 0. The standard InChI is InChI=1S/C19H27NO3/c1-12(2)10-19-11-20-6-5-13-7-16(21-3)17(22-4)8-14(13)15(20)9-18(19)23-19/h7-8,12,15,18H,5-6,9-11H2,1-4H3. The summed E-state index contributed by atoms with van der Waals surface area (Å²) in [4.78, 5) is 2.63. The minimum atomic E-state index is 0.138. The van der Waals surface area contributed by atoms with Crippen molar-refractivity contribution < 1.29 is 14.2 Å². The van der Waals surface area contributed by atoms with Gasteiger partial charge in [0.1, 0.15) is 5.60 Å². The molecule has 0 aliphatic carbocycles. The van der Waals surface area contributed by atoms with Crippen LogP contribution in [0.15, 0.2) is 12.1 Å². The van der Waals surface area contributed by atoms with Crippen LogP contribution in [0.25, 0.3) is 0 Å². The third-order valence-corrected chi connectivity index (χ3v) is 5.68. The SMILES string of the molecule is COc1cc2c(cc1OC)C1CC3OC3(CC(C)C)CN1CC2. The Kier molecular flexibility index (Phi) is 3.58. The molecule has 0 radical (unpaired) electrons. The quantitative estimate of drug-likeness (QED) is 0.799. The average Bonchev–Trinajstić information content (AvgIpc) is 3.22. The molecule has 4 heteroatoms. The second-order valence-electron chi connectivity index (χ2n) is 7.65. The lowest BCUT2D eigenvalue weighted by atomic mass is 9.81. The Morgan fingerprint density at radius 3 is 2.70 bits per heavy atom. The zero-order chi connectivity index (χ0) is 16.2. The van der Waals surface area contributed by atoms with Crippen molar-refractivity contribution in [1.29, 1.82) is 0 Å². The van der Waals surface area contributed by atoms with Crippen molar-refractivity contribution in [2.24, 2.45) is 5.92 Å². The highest BCUT2D eigenvalue weighted by Crippen LogP contribution is 2.54. The van der Waals surface area contributed by atoms with Gasteiger partial charge in [0.05, 0.1) is 20.3 Å². The Morgan fingerprint density at radius 2 is 2.00 bits per heavy atom. The summed E-state index contributed by atoms with van der Waals surface area (Å²) in [6.45, 7) is 6.78. The second kappa shape index (κ2) is 5.38. The topological polar surface area (TPSA) is 34.2 Å². The number of rotatable bonds is 4. The molecule has 3 aliphatic heterocycles. The predicted octanol–water partition coefficient (Wildman–Crippen LogP) is 3.19. The molecule has 0 saturated carbocycles. The Labute approximate surface area is 138 Å². The van der Waals surface area contributed by atoms with Gasteiger partial charge in [0.2, 0.25) is 0 Å². The lowest BCUT2D eigenvalue weighted by Crippen LogP contribution is -2.47. The first kappa shape index (κ1) is 15.3. The van der Waals surface area contributed by atoms with Gasteiger partial charge in [-0.15, -0.1) is 0 Å². The van der Waals surface area contributed by atoms with Crippen molar-refractivity contribution in [3.63, 3.8) is 0 Å². The fourth-order valence-electron chi connectivity index (χ4n) is 4.68. The van der Waals surface area contributed by atoms with E-state index in [9.17, 15) is 0 Å². The minimum Gasteiger partial charge on any atom is -0.493 e. The first-order valence-corrected chi connectivity index (χ1v) is 8.73. The molecule has 0 spiro atoms. The molecule has 0 aromatic heterocycles. The summed E-state index contributed by atoms with van der Waals surface area (Å²) in [7, 11) is 3.42. The first-order valence-electron chi connectivity index (χ1n) is 8.73. The van der Waals surface area contributed by atoms with Crippen LogP contribution in [0.3, 0.4) is 0 Å². The smallest absolute Gasteiger partial charge is 0.161 e. The van der Waals surface area contributed by atoms with Crippen molar-refractivity contribution in [2.75, 3.05) is 27.3 Å². The van der Waals surface area contributed by atoms with Crippen LogP contribution in [0.5, 0.6) is 11.5 Å². The summed E-state index contributed by atoms with van der Waals surface area (Å²) < 4.78 is 17.2. The molecule has 4 nitrogen and oxygen atoms in total. The summed E-state index contributed by atoms with van der Waals surface area (Å²) in [6, 6.07) is 4.81. The highest BCUT2D eigenvalue weighted by Gasteiger charge is 2.61. The molecular weight excluding hydrogens is 290 g/mol. The van der Waals surface area contributed by atoms with E-state index in [1.807, 2.05) is 0 Å². The number of epoxide rings is 1. The lowest BCUT2D eigenvalue weighted by Gasteiger charge is -2.42. The van der Waals surface area contributed by atoms with Crippen LogP contribution in [0.2, 0.25) is 0 Å². The molecule has 3 atom stereocenters. The molecule has 3 aliphatic rings. The summed E-state index contributed by atoms with van der Waals surface area (Å²) in [5.74, 6) is 2.37. The molecule has 23 heavy (non-hydrogen) atoms. The lowest BCUT2D eigenvalue weighted by molar-refractivity contribution is 0.112. The fourth-order valence-corrected chi connectivity index (χ4v) is 4.68. The van der Waals surface area contributed by atoms with E-state index in [0.717, 1.165) is 37.4 Å². The largest absolute Gasteiger partial charge is 0.493 e. The van der Waals surface area contributed by atoms with E-state index in [-0.39, 0.29) is 5.60 Å². The Hall–Kier alpha value is -1.26. The Balaban J connectivity index is 1.62. The number of piperidine rings is 1. The van der Waals surface area contributed by atoms with E-state index < -0.39 is 0 Å². The van der Waals surface area contributed by atoms with Crippen molar-refractivity contribution in [1.82, 2.24) is 4.90 Å². The van der Waals surface area contributed by atoms with Gasteiger partial charge in [0, 0.05) is 19.1 Å². The van der Waals surface area contributed by atoms with Crippen LogP contribution in [0.4, 0.5) is 0 Å². The predicted molar refractivity (Wildman–Crippen MR) is 89.2 cm³/mol. The molecule has 2 fully saturated rings. The number of benzene rings is 1. The van der Waals surface area contributed by atoms with Gasteiger partial charge in [0.15, 0.2) is 11.5 Å². The molecule has 126 valence electrons. The highest BCUT2D eigenvalue weighted by atomic mass is 16.6. The third-order valence-electron chi connectivity index (χ3n) is 5.68.